The molecule has 3 unspecified atom stereocenters. The fourth-order valence-electron chi connectivity index (χ4n) is 3.96. The summed E-state index contributed by atoms with van der Waals surface area (Å²) in [5.74, 6) is 0.520. The molecule has 0 radical (unpaired) electrons. The van der Waals surface area contributed by atoms with Gasteiger partial charge in [0.05, 0.1) is 6.10 Å². The summed E-state index contributed by atoms with van der Waals surface area (Å²) in [6, 6.07) is 9.30. The fourth-order valence-corrected chi connectivity index (χ4v) is 3.96. The highest BCUT2D eigenvalue weighted by Crippen LogP contribution is 2.36. The Bertz CT molecular complexity index is 431. The normalized spacial score (nSPS) is 32.0. The topological polar surface area (TPSA) is 23.5 Å². The molecule has 2 nitrogen and oxygen atoms in total. The Hall–Kier alpha value is -0.860. The highest BCUT2D eigenvalue weighted by atomic mass is 16.3. The van der Waals surface area contributed by atoms with Crippen LogP contribution in [0.15, 0.2) is 24.3 Å². The molecule has 1 aromatic rings. The molecule has 3 atom stereocenters. The van der Waals surface area contributed by atoms with Gasteiger partial charge in [0.15, 0.2) is 0 Å². The van der Waals surface area contributed by atoms with Crippen LogP contribution in [0.1, 0.15) is 43.2 Å². The Labute approximate surface area is 116 Å². The minimum absolute atomic E-state index is 0.0533. The average Bonchev–Trinajstić information content (AvgIpc) is 3.01. The summed E-state index contributed by atoms with van der Waals surface area (Å²) in [4.78, 5) is 2.61. The molecule has 1 saturated carbocycles. The van der Waals surface area contributed by atoms with Crippen molar-refractivity contribution in [2.24, 2.45) is 5.92 Å². The molecule has 1 heterocycles. The van der Waals surface area contributed by atoms with Crippen molar-refractivity contribution in [1.82, 2.24) is 4.90 Å². The van der Waals surface area contributed by atoms with E-state index in [1.807, 2.05) is 0 Å². The van der Waals surface area contributed by atoms with Crippen molar-refractivity contribution < 1.29 is 5.11 Å². The van der Waals surface area contributed by atoms with Gasteiger partial charge in [-0.1, -0.05) is 30.7 Å². The molecule has 104 valence electrons. The molecule has 0 bridgehead atoms. The third-order valence-electron chi connectivity index (χ3n) is 5.07. The van der Waals surface area contributed by atoms with E-state index in [2.05, 4.69) is 36.1 Å². The van der Waals surface area contributed by atoms with Crippen LogP contribution in [0.4, 0.5) is 0 Å². The number of hydrogen-bond donors (Lipinski definition) is 1. The van der Waals surface area contributed by atoms with Crippen LogP contribution in [0, 0.1) is 12.8 Å². The first kappa shape index (κ1) is 13.1. The summed E-state index contributed by atoms with van der Waals surface area (Å²) in [7, 11) is 0. The van der Waals surface area contributed by atoms with Gasteiger partial charge in [0.25, 0.3) is 0 Å². The van der Waals surface area contributed by atoms with E-state index >= 15 is 0 Å². The quantitative estimate of drug-likeness (QED) is 0.901. The summed E-state index contributed by atoms with van der Waals surface area (Å²) in [6.07, 6.45) is 5.95. The van der Waals surface area contributed by atoms with Crippen LogP contribution in [0.2, 0.25) is 0 Å². The lowest BCUT2D eigenvalue weighted by molar-refractivity contribution is 0.0718. The molecule has 0 amide bonds. The monoisotopic (exact) mass is 259 g/mol. The average molecular weight is 259 g/mol. The van der Waals surface area contributed by atoms with Gasteiger partial charge in [-0.15, -0.1) is 0 Å². The molecule has 3 rings (SSSR count). The van der Waals surface area contributed by atoms with E-state index < -0.39 is 0 Å². The van der Waals surface area contributed by atoms with E-state index in [9.17, 15) is 5.11 Å². The number of aliphatic hydroxyl groups excluding tert-OH is 1. The van der Waals surface area contributed by atoms with Gasteiger partial charge in [-0.25, -0.2) is 0 Å². The number of likely N-dealkylation sites (tertiary alicyclic amines) is 1. The minimum Gasteiger partial charge on any atom is -0.393 e. The first-order chi connectivity index (χ1) is 9.25. The highest BCUT2D eigenvalue weighted by molar-refractivity contribution is 5.25. The van der Waals surface area contributed by atoms with Gasteiger partial charge in [0.1, 0.15) is 0 Å². The summed E-state index contributed by atoms with van der Waals surface area (Å²) >= 11 is 0. The minimum atomic E-state index is -0.0533. The zero-order valence-electron chi connectivity index (χ0n) is 11.9. The number of aryl methyl sites for hydroxylation is 1. The maximum atomic E-state index is 10.2. The predicted molar refractivity (Wildman–Crippen MR) is 78.0 cm³/mol. The molecular weight excluding hydrogens is 234 g/mol. The summed E-state index contributed by atoms with van der Waals surface area (Å²) in [5, 5.41) is 10.2. The van der Waals surface area contributed by atoms with E-state index in [1.165, 1.54) is 43.4 Å². The molecule has 0 aromatic heterocycles. The Morgan fingerprint density at radius 2 is 2.00 bits per heavy atom. The van der Waals surface area contributed by atoms with Crippen molar-refractivity contribution in [3.63, 3.8) is 0 Å². The van der Waals surface area contributed by atoms with Crippen molar-refractivity contribution in [1.29, 1.82) is 0 Å². The highest BCUT2D eigenvalue weighted by Gasteiger charge is 2.38. The molecule has 1 aromatic carbocycles. The molecule has 1 aliphatic carbocycles. The lowest BCUT2D eigenvalue weighted by Crippen LogP contribution is -2.38. The van der Waals surface area contributed by atoms with Crippen molar-refractivity contribution in [2.75, 3.05) is 6.54 Å². The van der Waals surface area contributed by atoms with Crippen LogP contribution in [-0.2, 0) is 6.54 Å². The second-order valence-corrected chi connectivity index (χ2v) is 6.27. The summed E-state index contributed by atoms with van der Waals surface area (Å²) in [6.45, 7) is 4.45. The van der Waals surface area contributed by atoms with E-state index in [4.69, 9.17) is 0 Å². The smallest absolute Gasteiger partial charge is 0.0583 e. The zero-order valence-corrected chi connectivity index (χ0v) is 11.9. The largest absolute Gasteiger partial charge is 0.393 e. The van der Waals surface area contributed by atoms with E-state index in [1.54, 1.807) is 0 Å². The Morgan fingerprint density at radius 3 is 2.74 bits per heavy atom. The van der Waals surface area contributed by atoms with Gasteiger partial charge in [0.2, 0.25) is 0 Å². The molecule has 2 aliphatic rings. The first-order valence-corrected chi connectivity index (χ1v) is 7.72. The summed E-state index contributed by atoms with van der Waals surface area (Å²) in [5.41, 5.74) is 2.84. The van der Waals surface area contributed by atoms with Crippen LogP contribution in [0.3, 0.4) is 0 Å². The van der Waals surface area contributed by atoms with Gasteiger partial charge in [-0.2, -0.15) is 0 Å². The lowest BCUT2D eigenvalue weighted by atomic mass is 9.93. The molecule has 1 N–H and O–H groups in total. The standard InChI is InChI=1S/C17H25NO/c1-13-6-2-3-7-14(13)12-18-11-5-9-16(18)15-8-4-10-17(15)19/h2-3,6-7,15-17,19H,4-5,8-12H2,1H3. The fraction of sp³-hybridized carbons (Fsp3) is 0.647. The van der Waals surface area contributed by atoms with Gasteiger partial charge in [-0.05, 0) is 50.3 Å². The van der Waals surface area contributed by atoms with Crippen LogP contribution >= 0.6 is 0 Å². The van der Waals surface area contributed by atoms with Crippen molar-refractivity contribution >= 4 is 0 Å². The van der Waals surface area contributed by atoms with Crippen LogP contribution in [0.5, 0.6) is 0 Å². The molecule has 19 heavy (non-hydrogen) atoms. The number of aliphatic hydroxyl groups is 1. The third-order valence-corrected chi connectivity index (χ3v) is 5.07. The molecular formula is C17H25NO. The van der Waals surface area contributed by atoms with Gasteiger partial charge in [0, 0.05) is 18.5 Å². The second-order valence-electron chi connectivity index (χ2n) is 6.27. The maximum Gasteiger partial charge on any atom is 0.0583 e. The molecule has 2 heteroatoms. The molecule has 1 aliphatic heterocycles. The molecule has 1 saturated heterocycles. The van der Waals surface area contributed by atoms with E-state index in [0.29, 0.717) is 12.0 Å². The van der Waals surface area contributed by atoms with Crippen molar-refractivity contribution in [3.05, 3.63) is 35.4 Å². The van der Waals surface area contributed by atoms with Crippen molar-refractivity contribution in [3.8, 4) is 0 Å². The number of hydrogen-bond acceptors (Lipinski definition) is 2. The third kappa shape index (κ3) is 2.70. The predicted octanol–water partition coefficient (Wildman–Crippen LogP) is 3.12. The SMILES string of the molecule is Cc1ccccc1CN1CCCC1C1CCCC1O. The van der Waals surface area contributed by atoms with Crippen LogP contribution in [0.25, 0.3) is 0 Å². The first-order valence-electron chi connectivity index (χ1n) is 7.72. The zero-order chi connectivity index (χ0) is 13.2. The molecule has 2 fully saturated rings. The number of benzene rings is 1. The summed E-state index contributed by atoms with van der Waals surface area (Å²) < 4.78 is 0. The molecule has 0 spiro atoms. The number of nitrogens with zero attached hydrogens (tertiary/aromatic N) is 1. The Kier molecular flexibility index (Phi) is 3.90. The van der Waals surface area contributed by atoms with Crippen molar-refractivity contribution in [2.45, 2.75) is 57.7 Å². The van der Waals surface area contributed by atoms with E-state index in [0.717, 1.165) is 13.0 Å². The lowest BCUT2D eigenvalue weighted by Gasteiger charge is -2.31. The van der Waals surface area contributed by atoms with Crippen LogP contribution in [-0.4, -0.2) is 28.7 Å². The van der Waals surface area contributed by atoms with Crippen LogP contribution < -0.4 is 0 Å². The second kappa shape index (κ2) is 5.64. The van der Waals surface area contributed by atoms with E-state index in [-0.39, 0.29) is 6.10 Å². The van der Waals surface area contributed by atoms with Gasteiger partial charge in [-0.3, -0.25) is 4.90 Å². The number of rotatable bonds is 3. The van der Waals surface area contributed by atoms with Gasteiger partial charge < -0.3 is 5.11 Å². The van der Waals surface area contributed by atoms with Gasteiger partial charge >= 0.3 is 0 Å². The Balaban J connectivity index is 1.71. The Morgan fingerprint density at radius 1 is 1.16 bits per heavy atom. The maximum absolute atomic E-state index is 10.2.